The lowest BCUT2D eigenvalue weighted by atomic mass is 10.0. The molecule has 0 fully saturated rings. The summed E-state index contributed by atoms with van der Waals surface area (Å²) in [5.41, 5.74) is 0.271. The first-order valence-corrected chi connectivity index (χ1v) is 29.1. The second-order valence-electron chi connectivity index (χ2n) is 17.8. The van der Waals surface area contributed by atoms with Crippen LogP contribution in [0.5, 0.6) is 0 Å². The molecule has 0 atom stereocenters. The van der Waals surface area contributed by atoms with Crippen LogP contribution in [0.15, 0.2) is 46.2 Å². The highest BCUT2D eigenvalue weighted by atomic mass is 35.5. The van der Waals surface area contributed by atoms with Crippen molar-refractivity contribution in [3.05, 3.63) is 46.4 Å². The predicted octanol–water partition coefficient (Wildman–Crippen LogP) is 18.2. The van der Waals surface area contributed by atoms with E-state index in [0.717, 1.165) is 38.5 Å². The van der Waals surface area contributed by atoms with Gasteiger partial charge in [0.1, 0.15) is 9.79 Å². The lowest BCUT2D eigenvalue weighted by molar-refractivity contribution is 0.305. The molecule has 0 aliphatic carbocycles. The maximum atomic E-state index is 13.7. The van der Waals surface area contributed by atoms with Gasteiger partial charge in [0.15, 0.2) is 0 Å². The van der Waals surface area contributed by atoms with Crippen LogP contribution in [0, 0.1) is 0 Å². The molecular formula is C52H88Cl2O6S2. The highest BCUT2D eigenvalue weighted by molar-refractivity contribution is 7.87. The normalized spacial score (nSPS) is 12.1. The van der Waals surface area contributed by atoms with Crippen molar-refractivity contribution in [3.63, 3.8) is 0 Å². The van der Waals surface area contributed by atoms with Crippen LogP contribution in [-0.4, -0.2) is 30.0 Å². The molecule has 0 radical (unpaired) electrons. The molecule has 0 heterocycles. The van der Waals surface area contributed by atoms with Crippen LogP contribution in [0.2, 0.25) is 10.0 Å². The molecule has 0 saturated heterocycles. The zero-order valence-electron chi connectivity index (χ0n) is 39.4. The van der Waals surface area contributed by atoms with Crippen molar-refractivity contribution in [2.75, 3.05) is 13.2 Å². The highest BCUT2D eigenvalue weighted by Crippen LogP contribution is 2.41. The lowest BCUT2D eigenvalue weighted by Crippen LogP contribution is -2.12. The lowest BCUT2D eigenvalue weighted by Gasteiger charge is -2.16. The second kappa shape index (κ2) is 37.0. The van der Waals surface area contributed by atoms with Crippen LogP contribution in [0.3, 0.4) is 0 Å². The maximum absolute atomic E-state index is 13.7. The van der Waals surface area contributed by atoms with E-state index < -0.39 is 20.2 Å². The van der Waals surface area contributed by atoms with Crippen molar-refractivity contribution < 1.29 is 25.2 Å². The van der Waals surface area contributed by atoms with Gasteiger partial charge in [-0.15, -0.1) is 0 Å². The molecule has 6 nitrogen and oxygen atoms in total. The smallest absolute Gasteiger partial charge is 0.266 e. The van der Waals surface area contributed by atoms with E-state index in [0.29, 0.717) is 12.8 Å². The van der Waals surface area contributed by atoms with E-state index in [4.69, 9.17) is 31.6 Å². The Bertz CT molecular complexity index is 1610. The summed E-state index contributed by atoms with van der Waals surface area (Å²) in [6.45, 7) is 4.60. The first-order chi connectivity index (χ1) is 30.2. The monoisotopic (exact) mass is 943 g/mol. The maximum Gasteiger partial charge on any atom is 0.299 e. The van der Waals surface area contributed by atoms with E-state index >= 15 is 0 Å². The Balaban J connectivity index is 1.69. The molecule has 0 aromatic heterocycles. The van der Waals surface area contributed by atoms with Gasteiger partial charge in [-0.1, -0.05) is 280 Å². The molecule has 0 bridgehead atoms. The molecule has 0 unspecified atom stereocenters. The molecule has 0 N–H and O–H groups in total. The largest absolute Gasteiger partial charge is 0.299 e. The summed E-state index contributed by atoms with van der Waals surface area (Å²) < 4.78 is 65.3. The highest BCUT2D eigenvalue weighted by Gasteiger charge is 2.29. The van der Waals surface area contributed by atoms with Gasteiger partial charge in [-0.05, 0) is 25.0 Å². The Kier molecular flexibility index (Phi) is 34.0. The first kappa shape index (κ1) is 57.0. The van der Waals surface area contributed by atoms with Gasteiger partial charge in [0.25, 0.3) is 20.2 Å². The van der Waals surface area contributed by atoms with Gasteiger partial charge in [0.05, 0.1) is 23.3 Å². The average molecular weight is 944 g/mol. The molecule has 0 saturated carbocycles. The molecular weight excluding hydrogens is 856 g/mol. The summed E-state index contributed by atoms with van der Waals surface area (Å²) in [4.78, 5) is -0.457. The van der Waals surface area contributed by atoms with Gasteiger partial charge in [-0.25, -0.2) is 0 Å². The van der Waals surface area contributed by atoms with Crippen molar-refractivity contribution >= 4 is 43.4 Å². The molecule has 358 valence electrons. The van der Waals surface area contributed by atoms with Crippen molar-refractivity contribution in [2.24, 2.45) is 0 Å². The molecule has 2 aromatic rings. The zero-order chi connectivity index (χ0) is 45.0. The fraction of sp³-hybridized carbons (Fsp3) is 0.769. The third-order valence-corrected chi connectivity index (χ3v) is 15.9. The van der Waals surface area contributed by atoms with E-state index in [-0.39, 0.29) is 44.2 Å². The molecule has 10 heteroatoms. The number of rotatable bonds is 43. The molecule has 0 aliphatic rings. The van der Waals surface area contributed by atoms with Gasteiger partial charge in [0.2, 0.25) is 0 Å². The van der Waals surface area contributed by atoms with Crippen molar-refractivity contribution in [1.29, 1.82) is 0 Å². The van der Waals surface area contributed by atoms with Crippen molar-refractivity contribution in [3.8, 4) is 11.1 Å². The third kappa shape index (κ3) is 26.1. The second-order valence-corrected chi connectivity index (χ2v) is 21.7. The summed E-state index contributed by atoms with van der Waals surface area (Å²) in [5, 5.41) is -0.162. The van der Waals surface area contributed by atoms with Gasteiger partial charge in [-0.2, -0.15) is 16.8 Å². The van der Waals surface area contributed by atoms with Crippen LogP contribution in [0.25, 0.3) is 11.1 Å². The molecule has 0 aliphatic heterocycles. The minimum atomic E-state index is -4.38. The number of halogens is 2. The van der Waals surface area contributed by atoms with E-state index in [2.05, 4.69) is 13.8 Å². The number of unbranched alkanes of at least 4 members (excludes halogenated alkanes) is 34. The van der Waals surface area contributed by atoms with Crippen LogP contribution >= 0.6 is 23.2 Å². The molecule has 2 aromatic carbocycles. The summed E-state index contributed by atoms with van der Waals surface area (Å²) in [6.07, 6.45) is 45.0. The van der Waals surface area contributed by atoms with Crippen molar-refractivity contribution in [2.45, 2.75) is 255 Å². The third-order valence-electron chi connectivity index (χ3n) is 12.2. The molecule has 0 amide bonds. The average Bonchev–Trinajstić information content (AvgIpc) is 3.26. The summed E-state index contributed by atoms with van der Waals surface area (Å²) >= 11 is 12.9. The SMILES string of the molecule is CCCCCCCCCCCCCCCCCCCCOS(=O)(=O)c1ccccc1-c1ccc(Cl)c(Cl)c1S(=O)(=O)OCCCCCCCCCCCCCCCCCCCC. The Morgan fingerprint density at radius 1 is 0.371 bits per heavy atom. The Hall–Kier alpha value is -1.16. The van der Waals surface area contributed by atoms with E-state index in [1.165, 1.54) is 198 Å². The summed E-state index contributed by atoms with van der Waals surface area (Å²) in [6, 6.07) is 9.19. The standard InChI is InChI=1S/C52H88Cl2O6S2/c1-3-5-7-9-11-13-15-17-19-21-23-25-27-29-31-33-35-39-45-59-61(55,56)50-42-38-37-41-47(50)48-43-44-49(53)51(54)52(48)62(57,58)60-46-40-36-34-32-30-28-26-24-22-20-18-16-14-12-10-8-6-4-2/h37-38,41-44H,3-36,39-40,45-46H2,1-2H3. The van der Waals surface area contributed by atoms with Gasteiger partial charge >= 0.3 is 0 Å². The Labute approximate surface area is 392 Å². The van der Waals surface area contributed by atoms with Crippen molar-refractivity contribution in [1.82, 2.24) is 0 Å². The minimum absolute atomic E-state index is 0.00577. The van der Waals surface area contributed by atoms with Gasteiger partial charge in [0, 0.05) is 11.1 Å². The predicted molar refractivity (Wildman–Crippen MR) is 266 cm³/mol. The number of hydrogen-bond acceptors (Lipinski definition) is 6. The Morgan fingerprint density at radius 2 is 0.677 bits per heavy atom. The molecule has 0 spiro atoms. The first-order valence-electron chi connectivity index (χ1n) is 25.5. The van der Waals surface area contributed by atoms with Crippen LogP contribution in [0.4, 0.5) is 0 Å². The van der Waals surface area contributed by atoms with E-state index in [1.807, 2.05) is 0 Å². The van der Waals surface area contributed by atoms with E-state index in [1.54, 1.807) is 18.2 Å². The van der Waals surface area contributed by atoms with E-state index in [9.17, 15) is 16.8 Å². The van der Waals surface area contributed by atoms with Gasteiger partial charge < -0.3 is 0 Å². The van der Waals surface area contributed by atoms with Gasteiger partial charge in [-0.3, -0.25) is 8.37 Å². The minimum Gasteiger partial charge on any atom is -0.266 e. The fourth-order valence-corrected chi connectivity index (χ4v) is 11.4. The zero-order valence-corrected chi connectivity index (χ0v) is 42.5. The topological polar surface area (TPSA) is 86.7 Å². The molecule has 62 heavy (non-hydrogen) atoms. The number of benzene rings is 2. The van der Waals surface area contributed by atoms with Crippen LogP contribution < -0.4 is 0 Å². The van der Waals surface area contributed by atoms with Crippen LogP contribution in [-0.2, 0) is 28.6 Å². The summed E-state index contributed by atoms with van der Waals surface area (Å²) in [5.74, 6) is 0. The quantitative estimate of drug-likeness (QED) is 0.0486. The number of hydrogen-bond donors (Lipinski definition) is 0. The van der Waals surface area contributed by atoms with Crippen LogP contribution in [0.1, 0.15) is 245 Å². The fourth-order valence-electron chi connectivity index (χ4n) is 8.36. The molecule has 2 rings (SSSR count). The Morgan fingerprint density at radius 3 is 1.03 bits per heavy atom. The summed E-state index contributed by atoms with van der Waals surface area (Å²) in [7, 11) is -8.58.